The van der Waals surface area contributed by atoms with Gasteiger partial charge in [0.15, 0.2) is 5.76 Å². The lowest BCUT2D eigenvalue weighted by molar-refractivity contribution is -0.137. The molecular formula is C13H11F3N2O. The van der Waals surface area contributed by atoms with Crippen LogP contribution in [0.4, 0.5) is 18.9 Å². The number of nitrogen functional groups attached to an aromatic ring is 1. The number of anilines is 1. The molecule has 0 radical (unpaired) electrons. The van der Waals surface area contributed by atoms with Crippen molar-refractivity contribution in [2.45, 2.75) is 13.1 Å². The van der Waals surface area contributed by atoms with E-state index >= 15 is 0 Å². The molecule has 2 aromatic rings. The van der Waals surface area contributed by atoms with Crippen molar-refractivity contribution in [2.75, 3.05) is 5.73 Å². The molecule has 0 unspecified atom stereocenters. The first-order chi connectivity index (χ1) is 8.89. The Kier molecular flexibility index (Phi) is 3.33. The van der Waals surface area contributed by atoms with Gasteiger partial charge in [-0.25, -0.2) is 0 Å². The number of alkyl halides is 3. The molecule has 1 aromatic carbocycles. The molecule has 19 heavy (non-hydrogen) atoms. The van der Waals surface area contributed by atoms with E-state index < -0.39 is 11.7 Å². The largest absolute Gasteiger partial charge is 0.416 e. The molecule has 0 fully saturated rings. The second kappa shape index (κ2) is 4.79. The number of hydrogen-bond acceptors (Lipinski definition) is 3. The van der Waals surface area contributed by atoms with E-state index in [4.69, 9.17) is 10.3 Å². The summed E-state index contributed by atoms with van der Waals surface area (Å²) in [7, 11) is 0. The van der Waals surface area contributed by atoms with Crippen molar-refractivity contribution in [3.05, 3.63) is 46.8 Å². The lowest BCUT2D eigenvalue weighted by atomic mass is 10.1. The summed E-state index contributed by atoms with van der Waals surface area (Å²) in [5, 5.41) is 3.65. The van der Waals surface area contributed by atoms with Crippen molar-refractivity contribution in [2.24, 2.45) is 0 Å². The van der Waals surface area contributed by atoms with Crippen LogP contribution in [0.1, 0.15) is 22.6 Å². The zero-order valence-electron chi connectivity index (χ0n) is 10.0. The molecule has 100 valence electrons. The Hall–Kier alpha value is -2.24. The van der Waals surface area contributed by atoms with Crippen LogP contribution in [0.2, 0.25) is 0 Å². The number of nitrogens with zero attached hydrogens (tertiary/aromatic N) is 1. The zero-order valence-corrected chi connectivity index (χ0v) is 10.0. The maximum absolute atomic E-state index is 12.8. The highest BCUT2D eigenvalue weighted by molar-refractivity contribution is 5.75. The molecule has 0 amide bonds. The third kappa shape index (κ3) is 2.78. The first-order valence-corrected chi connectivity index (χ1v) is 5.45. The highest BCUT2D eigenvalue weighted by atomic mass is 19.4. The number of hydrogen-bond donors (Lipinski definition) is 1. The molecule has 0 atom stereocenters. The van der Waals surface area contributed by atoms with Crippen molar-refractivity contribution >= 4 is 17.8 Å². The molecule has 0 spiro atoms. The number of halogens is 3. The molecule has 0 saturated carbocycles. The first kappa shape index (κ1) is 13.2. The van der Waals surface area contributed by atoms with Crippen LogP contribution in [0.3, 0.4) is 0 Å². The highest BCUT2D eigenvalue weighted by Gasteiger charge is 2.32. The Morgan fingerprint density at radius 1 is 1.21 bits per heavy atom. The summed E-state index contributed by atoms with van der Waals surface area (Å²) in [6, 6.07) is 5.28. The van der Waals surface area contributed by atoms with E-state index in [1.54, 1.807) is 6.92 Å². The standard InChI is InChI=1S/C13H11F3N2O/c1-8-12(17)11(18-19-8)7-6-9-4-2-3-5-10(9)13(14,15)16/h2-7H,17H2,1H3. The Balaban J connectivity index is 2.37. The quantitative estimate of drug-likeness (QED) is 0.902. The molecule has 0 aliphatic heterocycles. The average molecular weight is 268 g/mol. The normalized spacial score (nSPS) is 12.2. The van der Waals surface area contributed by atoms with E-state index in [-0.39, 0.29) is 5.56 Å². The SMILES string of the molecule is Cc1onc(C=Cc2ccccc2C(F)(F)F)c1N. The van der Waals surface area contributed by atoms with E-state index in [2.05, 4.69) is 5.16 Å². The number of nitrogens with two attached hydrogens (primary N) is 1. The fourth-order valence-corrected chi connectivity index (χ4v) is 1.59. The fourth-order valence-electron chi connectivity index (χ4n) is 1.59. The molecule has 3 nitrogen and oxygen atoms in total. The summed E-state index contributed by atoms with van der Waals surface area (Å²) in [5.41, 5.74) is 5.64. The molecular weight excluding hydrogens is 257 g/mol. The van der Waals surface area contributed by atoms with E-state index in [0.717, 1.165) is 6.07 Å². The molecule has 0 bridgehead atoms. The van der Waals surface area contributed by atoms with Crippen LogP contribution in [0.25, 0.3) is 12.2 Å². The van der Waals surface area contributed by atoms with Crippen molar-refractivity contribution in [3.63, 3.8) is 0 Å². The Morgan fingerprint density at radius 3 is 2.47 bits per heavy atom. The minimum absolute atomic E-state index is 0.0510. The minimum atomic E-state index is -4.40. The Labute approximate surface area is 107 Å². The molecule has 0 saturated heterocycles. The molecule has 0 aliphatic rings. The number of aromatic nitrogens is 1. The number of rotatable bonds is 2. The van der Waals surface area contributed by atoms with Gasteiger partial charge in [0.25, 0.3) is 0 Å². The van der Waals surface area contributed by atoms with Crippen LogP contribution >= 0.6 is 0 Å². The lowest BCUT2D eigenvalue weighted by Gasteiger charge is -2.09. The monoisotopic (exact) mass is 268 g/mol. The molecule has 6 heteroatoms. The van der Waals surface area contributed by atoms with Gasteiger partial charge in [-0.1, -0.05) is 29.4 Å². The Morgan fingerprint density at radius 2 is 1.89 bits per heavy atom. The van der Waals surface area contributed by atoms with Crippen LogP contribution < -0.4 is 5.73 Å². The highest BCUT2D eigenvalue weighted by Crippen LogP contribution is 2.32. The maximum atomic E-state index is 12.8. The van der Waals surface area contributed by atoms with Gasteiger partial charge in [-0.2, -0.15) is 13.2 Å². The average Bonchev–Trinajstić information content (AvgIpc) is 2.67. The smallest absolute Gasteiger partial charge is 0.394 e. The summed E-state index contributed by atoms with van der Waals surface area (Å²) in [6.07, 6.45) is -1.68. The van der Waals surface area contributed by atoms with Gasteiger partial charge in [-0.05, 0) is 24.6 Å². The van der Waals surface area contributed by atoms with Crippen LogP contribution in [0, 0.1) is 6.92 Å². The van der Waals surface area contributed by atoms with Crippen LogP contribution in [-0.2, 0) is 6.18 Å². The lowest BCUT2D eigenvalue weighted by Crippen LogP contribution is -2.06. The van der Waals surface area contributed by atoms with Crippen LogP contribution in [0.5, 0.6) is 0 Å². The van der Waals surface area contributed by atoms with E-state index in [1.165, 1.54) is 30.4 Å². The predicted molar refractivity (Wildman–Crippen MR) is 66.0 cm³/mol. The predicted octanol–water partition coefficient (Wildman–Crippen LogP) is 3.75. The summed E-state index contributed by atoms with van der Waals surface area (Å²) in [5.74, 6) is 0.434. The summed E-state index contributed by atoms with van der Waals surface area (Å²) in [6.45, 7) is 1.63. The van der Waals surface area contributed by atoms with Gasteiger partial charge in [-0.15, -0.1) is 0 Å². The molecule has 2 N–H and O–H groups in total. The van der Waals surface area contributed by atoms with Crippen molar-refractivity contribution < 1.29 is 17.7 Å². The van der Waals surface area contributed by atoms with Gasteiger partial charge in [-0.3, -0.25) is 0 Å². The Bertz CT molecular complexity index is 615. The maximum Gasteiger partial charge on any atom is 0.416 e. The number of benzene rings is 1. The van der Waals surface area contributed by atoms with Crippen LogP contribution in [-0.4, -0.2) is 5.16 Å². The van der Waals surface area contributed by atoms with E-state index in [9.17, 15) is 13.2 Å². The third-order valence-electron chi connectivity index (χ3n) is 2.62. The summed E-state index contributed by atoms with van der Waals surface area (Å²) < 4.78 is 43.1. The molecule has 1 heterocycles. The van der Waals surface area contributed by atoms with Crippen LogP contribution in [0.15, 0.2) is 28.8 Å². The van der Waals surface area contributed by atoms with Gasteiger partial charge in [0.05, 0.1) is 5.56 Å². The fraction of sp³-hybridized carbons (Fsp3) is 0.154. The van der Waals surface area contributed by atoms with Gasteiger partial charge < -0.3 is 10.3 Å². The minimum Gasteiger partial charge on any atom is -0.394 e. The topological polar surface area (TPSA) is 52.0 Å². The van der Waals surface area contributed by atoms with Gasteiger partial charge >= 0.3 is 6.18 Å². The summed E-state index contributed by atoms with van der Waals surface area (Å²) >= 11 is 0. The second-order valence-corrected chi connectivity index (χ2v) is 3.96. The molecule has 0 aliphatic carbocycles. The number of aryl methyl sites for hydroxylation is 1. The van der Waals surface area contributed by atoms with Gasteiger partial charge in [0.2, 0.25) is 0 Å². The first-order valence-electron chi connectivity index (χ1n) is 5.45. The van der Waals surface area contributed by atoms with Crippen molar-refractivity contribution in [1.82, 2.24) is 5.16 Å². The van der Waals surface area contributed by atoms with Crippen molar-refractivity contribution in [3.8, 4) is 0 Å². The molecule has 2 rings (SSSR count). The zero-order chi connectivity index (χ0) is 14.0. The van der Waals surface area contributed by atoms with Gasteiger partial charge in [0.1, 0.15) is 11.4 Å². The molecule has 1 aromatic heterocycles. The van der Waals surface area contributed by atoms with E-state index in [0.29, 0.717) is 17.1 Å². The van der Waals surface area contributed by atoms with Gasteiger partial charge in [0, 0.05) is 0 Å². The van der Waals surface area contributed by atoms with E-state index in [1.807, 2.05) is 0 Å². The third-order valence-corrected chi connectivity index (χ3v) is 2.62. The van der Waals surface area contributed by atoms with Crippen molar-refractivity contribution in [1.29, 1.82) is 0 Å². The summed E-state index contributed by atoms with van der Waals surface area (Å²) in [4.78, 5) is 0. The second-order valence-electron chi connectivity index (χ2n) is 3.96.